The smallest absolute Gasteiger partial charge is 0.336 e. The molecule has 0 spiro atoms. The molecule has 1 aromatic heterocycles. The molecule has 6 atom stereocenters. The van der Waals surface area contributed by atoms with Gasteiger partial charge in [-0.3, -0.25) is 4.79 Å². The zero-order chi connectivity index (χ0) is 37.4. The van der Waals surface area contributed by atoms with Gasteiger partial charge in [0.2, 0.25) is 0 Å². The number of aromatic nitrogens is 3. The van der Waals surface area contributed by atoms with Crippen LogP contribution in [0.25, 0.3) is 33.4 Å². The number of fused-ring (bicyclic) bond motifs is 2. The number of hydrogen-bond acceptors (Lipinski definition) is 9. The Balaban J connectivity index is 1.28. The molecule has 53 heavy (non-hydrogen) atoms. The number of nitrogens with zero attached hydrogens (tertiary/aromatic N) is 3. The molecule has 3 aliphatic carbocycles. The Labute approximate surface area is 310 Å². The Bertz CT molecular complexity index is 2080. The molecule has 2 aromatic carbocycles. The second-order valence-corrected chi connectivity index (χ2v) is 15.9. The van der Waals surface area contributed by atoms with Crippen LogP contribution < -0.4 is 19.6 Å². The van der Waals surface area contributed by atoms with Gasteiger partial charge in [-0.2, -0.15) is 0 Å². The highest BCUT2D eigenvalue weighted by Gasteiger charge is 2.35. The van der Waals surface area contributed by atoms with Gasteiger partial charge in [-0.25, -0.2) is 4.79 Å². The van der Waals surface area contributed by atoms with Crippen LogP contribution >= 0.6 is 0 Å². The van der Waals surface area contributed by atoms with Crippen molar-refractivity contribution in [2.45, 2.75) is 92.3 Å². The predicted octanol–water partition coefficient (Wildman–Crippen LogP) is 9.92. The molecule has 0 amide bonds. The van der Waals surface area contributed by atoms with Crippen LogP contribution in [0.1, 0.15) is 90.4 Å². The molecule has 2 fully saturated rings. The van der Waals surface area contributed by atoms with Crippen LogP contribution in [-0.2, 0) is 0 Å². The van der Waals surface area contributed by atoms with Crippen LogP contribution in [0.2, 0.25) is 0 Å². The van der Waals surface area contributed by atoms with Gasteiger partial charge in [0, 0.05) is 28.6 Å². The molecule has 7 rings (SSSR count). The topological polar surface area (TPSA) is 134 Å². The van der Waals surface area contributed by atoms with Gasteiger partial charge in [0.15, 0.2) is 5.43 Å². The second kappa shape index (κ2) is 15.2. The van der Waals surface area contributed by atoms with Crippen LogP contribution in [-0.4, -0.2) is 38.2 Å². The minimum Gasteiger partial charge on any atom is -0.478 e. The number of carboxylic acids is 1. The van der Waals surface area contributed by atoms with E-state index in [1.807, 2.05) is 6.07 Å². The summed E-state index contributed by atoms with van der Waals surface area (Å²) in [4.78, 5) is 38.7. The molecular weight excluding hydrogens is 670 g/mol. The summed E-state index contributed by atoms with van der Waals surface area (Å²) in [6, 6.07) is 17.0. The summed E-state index contributed by atoms with van der Waals surface area (Å²) >= 11 is 0. The summed E-state index contributed by atoms with van der Waals surface area (Å²) in [5.41, 5.74) is 2.07. The van der Waals surface area contributed by atoms with E-state index >= 15 is 0 Å². The van der Waals surface area contributed by atoms with Crippen molar-refractivity contribution < 1.29 is 28.5 Å². The molecule has 0 saturated heterocycles. The van der Waals surface area contributed by atoms with E-state index in [1.54, 1.807) is 42.5 Å². The van der Waals surface area contributed by atoms with E-state index in [0.29, 0.717) is 74.7 Å². The summed E-state index contributed by atoms with van der Waals surface area (Å²) in [6.45, 7) is 13.6. The van der Waals surface area contributed by atoms with Crippen molar-refractivity contribution in [2.75, 3.05) is 0 Å². The van der Waals surface area contributed by atoms with Gasteiger partial charge in [-0.15, -0.1) is 15.0 Å². The van der Waals surface area contributed by atoms with Crippen molar-refractivity contribution in [1.29, 1.82) is 0 Å². The first-order valence-electron chi connectivity index (χ1n) is 19.0. The van der Waals surface area contributed by atoms with Crippen molar-refractivity contribution in [3.8, 4) is 46.2 Å². The SMILES string of the molecule is CC1CCC(Oc2nc(Oc3ccc4c(-c5ccccc5C(=O)O)c5ccc(=O)cc-5oc4c3)nc(OC3CCC(C)CC3C(C)C)n2)C(C(C)C)C1. The minimum absolute atomic E-state index is 0.0268. The van der Waals surface area contributed by atoms with E-state index < -0.39 is 5.97 Å². The zero-order valence-electron chi connectivity index (χ0n) is 31.4. The molecule has 0 bridgehead atoms. The van der Waals surface area contributed by atoms with E-state index in [0.717, 1.165) is 38.5 Å². The second-order valence-electron chi connectivity index (χ2n) is 15.9. The lowest BCUT2D eigenvalue weighted by atomic mass is 9.75. The van der Waals surface area contributed by atoms with Crippen molar-refractivity contribution in [2.24, 2.45) is 35.5 Å². The van der Waals surface area contributed by atoms with Crippen LogP contribution in [0.15, 0.2) is 69.9 Å². The Hall–Kier alpha value is -4.99. The Morgan fingerprint density at radius 2 is 1.36 bits per heavy atom. The molecule has 6 unspecified atom stereocenters. The van der Waals surface area contributed by atoms with E-state index in [4.69, 9.17) is 23.6 Å². The Morgan fingerprint density at radius 3 is 1.96 bits per heavy atom. The van der Waals surface area contributed by atoms with Gasteiger partial charge >= 0.3 is 24.0 Å². The van der Waals surface area contributed by atoms with E-state index in [2.05, 4.69) is 51.5 Å². The Kier molecular flexibility index (Phi) is 10.4. The lowest BCUT2D eigenvalue weighted by molar-refractivity contribution is 0.0295. The minimum atomic E-state index is -1.06. The standard InChI is InChI=1S/C43H49N3O7/c1-23(2)33-19-25(5)11-17-35(33)52-42-44-41(45-43(46-42)53-36-18-12-26(6)20-34(36)24(3)4)50-28-14-16-32-38(22-28)51-37-21-27(47)13-15-31(37)39(32)29-9-7-8-10-30(29)40(48)49/h7-10,13-16,21-26,33-36H,11-12,17-20H2,1-6H3,(H,48,49). The monoisotopic (exact) mass is 719 g/mol. The summed E-state index contributed by atoms with van der Waals surface area (Å²) < 4.78 is 25.8. The highest BCUT2D eigenvalue weighted by molar-refractivity contribution is 6.07. The van der Waals surface area contributed by atoms with Crippen molar-refractivity contribution in [1.82, 2.24) is 15.0 Å². The molecule has 3 aromatic rings. The van der Waals surface area contributed by atoms with Crippen LogP contribution in [0.5, 0.6) is 23.8 Å². The average molecular weight is 720 g/mol. The zero-order valence-corrected chi connectivity index (χ0v) is 31.4. The fraction of sp³-hybridized carbons (Fsp3) is 0.465. The highest BCUT2D eigenvalue weighted by Crippen LogP contribution is 2.43. The van der Waals surface area contributed by atoms with Crippen molar-refractivity contribution in [3.63, 3.8) is 0 Å². The molecule has 2 saturated carbocycles. The van der Waals surface area contributed by atoms with Crippen LogP contribution in [0.3, 0.4) is 0 Å². The fourth-order valence-corrected chi connectivity index (χ4v) is 8.43. The van der Waals surface area contributed by atoms with Gasteiger partial charge in [-0.05, 0) is 110 Å². The maximum absolute atomic E-state index is 12.4. The predicted molar refractivity (Wildman–Crippen MR) is 203 cm³/mol. The maximum atomic E-state index is 12.4. The molecular formula is C43H49N3O7. The van der Waals surface area contributed by atoms with Gasteiger partial charge in [0.1, 0.15) is 29.3 Å². The maximum Gasteiger partial charge on any atom is 0.336 e. The van der Waals surface area contributed by atoms with E-state index in [-0.39, 0.29) is 41.2 Å². The third-order valence-electron chi connectivity index (χ3n) is 11.3. The van der Waals surface area contributed by atoms with Gasteiger partial charge in [0.25, 0.3) is 0 Å². The molecule has 1 aliphatic heterocycles. The van der Waals surface area contributed by atoms with Crippen LogP contribution in [0.4, 0.5) is 0 Å². The van der Waals surface area contributed by atoms with Crippen LogP contribution in [0, 0.1) is 35.5 Å². The van der Waals surface area contributed by atoms with Gasteiger partial charge < -0.3 is 23.7 Å². The lowest BCUT2D eigenvalue weighted by Crippen LogP contribution is -2.37. The Morgan fingerprint density at radius 1 is 0.755 bits per heavy atom. The number of benzene rings is 3. The highest BCUT2D eigenvalue weighted by atomic mass is 16.5. The molecule has 278 valence electrons. The number of hydrogen-bond donors (Lipinski definition) is 1. The largest absolute Gasteiger partial charge is 0.478 e. The molecule has 10 nitrogen and oxygen atoms in total. The third-order valence-corrected chi connectivity index (χ3v) is 11.3. The summed E-state index contributed by atoms with van der Waals surface area (Å²) in [6.07, 6.45) is 6.05. The normalized spacial score (nSPS) is 23.4. The fourth-order valence-electron chi connectivity index (χ4n) is 8.43. The number of carboxylic acid groups (broad SMARTS) is 1. The quantitative estimate of drug-likeness (QED) is 0.139. The van der Waals surface area contributed by atoms with Gasteiger partial charge in [-0.1, -0.05) is 59.7 Å². The molecule has 10 heteroatoms. The third kappa shape index (κ3) is 7.87. The number of rotatable bonds is 10. The average Bonchev–Trinajstić information content (AvgIpc) is 3.11. The first-order chi connectivity index (χ1) is 25.4. The number of ether oxygens (including phenoxy) is 3. The first kappa shape index (κ1) is 36.4. The molecule has 2 heterocycles. The molecule has 0 radical (unpaired) electrons. The van der Waals surface area contributed by atoms with E-state index in [9.17, 15) is 14.7 Å². The van der Waals surface area contributed by atoms with E-state index in [1.165, 1.54) is 12.1 Å². The molecule has 4 aliphatic rings. The molecule has 1 N–H and O–H groups in total. The summed E-state index contributed by atoms with van der Waals surface area (Å²) in [7, 11) is 0. The number of aromatic carboxylic acids is 1. The summed E-state index contributed by atoms with van der Waals surface area (Å²) in [5, 5.41) is 10.7. The van der Waals surface area contributed by atoms with Gasteiger partial charge in [0.05, 0.1) is 5.56 Å². The summed E-state index contributed by atoms with van der Waals surface area (Å²) in [5.74, 6) is 2.51. The van der Waals surface area contributed by atoms with Crippen molar-refractivity contribution >= 4 is 16.9 Å². The first-order valence-corrected chi connectivity index (χ1v) is 19.0. The number of carbonyl (C=O) groups is 1. The van der Waals surface area contributed by atoms with Crippen molar-refractivity contribution in [3.05, 3.63) is 76.5 Å². The lowest BCUT2D eigenvalue weighted by Gasteiger charge is -2.37.